The standard InChI is InChI=1S/C11H18N4O2/c1-8(4-5-17-3)14-11(16)9-6-13-7-10(12-2)15-9/h6-8H,4-5H2,1-3H3,(H,12,15)(H,14,16). The zero-order valence-electron chi connectivity index (χ0n) is 10.4. The molecule has 17 heavy (non-hydrogen) atoms. The van der Waals surface area contributed by atoms with Gasteiger partial charge in [-0.15, -0.1) is 0 Å². The van der Waals surface area contributed by atoms with Gasteiger partial charge in [-0.1, -0.05) is 0 Å². The first-order chi connectivity index (χ1) is 8.17. The molecule has 0 radical (unpaired) electrons. The van der Waals surface area contributed by atoms with Crippen LogP contribution in [-0.2, 0) is 4.74 Å². The summed E-state index contributed by atoms with van der Waals surface area (Å²) in [6.45, 7) is 2.54. The van der Waals surface area contributed by atoms with Gasteiger partial charge < -0.3 is 15.4 Å². The summed E-state index contributed by atoms with van der Waals surface area (Å²) in [5, 5.41) is 5.67. The van der Waals surface area contributed by atoms with E-state index in [1.807, 2.05) is 6.92 Å². The van der Waals surface area contributed by atoms with E-state index in [1.165, 1.54) is 6.20 Å². The highest BCUT2D eigenvalue weighted by Gasteiger charge is 2.11. The van der Waals surface area contributed by atoms with Crippen LogP contribution in [0.1, 0.15) is 23.8 Å². The Labute approximate surface area is 101 Å². The van der Waals surface area contributed by atoms with Gasteiger partial charge in [0, 0.05) is 26.8 Å². The van der Waals surface area contributed by atoms with Gasteiger partial charge in [-0.2, -0.15) is 0 Å². The van der Waals surface area contributed by atoms with Crippen molar-refractivity contribution in [3.8, 4) is 0 Å². The molecule has 1 aromatic rings. The van der Waals surface area contributed by atoms with E-state index in [0.29, 0.717) is 18.1 Å². The average Bonchev–Trinajstić information content (AvgIpc) is 2.36. The number of anilines is 1. The number of hydrogen-bond acceptors (Lipinski definition) is 5. The fourth-order valence-corrected chi connectivity index (χ4v) is 1.26. The van der Waals surface area contributed by atoms with Gasteiger partial charge in [0.2, 0.25) is 0 Å². The molecule has 0 aliphatic carbocycles. The molecule has 6 nitrogen and oxygen atoms in total. The molecule has 1 amide bonds. The highest BCUT2D eigenvalue weighted by atomic mass is 16.5. The Hall–Kier alpha value is -1.69. The highest BCUT2D eigenvalue weighted by Crippen LogP contribution is 2.01. The minimum Gasteiger partial charge on any atom is -0.385 e. The van der Waals surface area contributed by atoms with E-state index < -0.39 is 0 Å². The number of ether oxygens (including phenoxy) is 1. The summed E-state index contributed by atoms with van der Waals surface area (Å²) in [6.07, 6.45) is 3.77. The number of carbonyl (C=O) groups is 1. The quantitative estimate of drug-likeness (QED) is 0.762. The summed E-state index contributed by atoms with van der Waals surface area (Å²) in [6, 6.07) is 0.0440. The van der Waals surface area contributed by atoms with Crippen LogP contribution in [0.2, 0.25) is 0 Å². The predicted molar refractivity (Wildman–Crippen MR) is 65.0 cm³/mol. The molecule has 0 saturated heterocycles. The highest BCUT2D eigenvalue weighted by molar-refractivity contribution is 5.92. The molecular formula is C11H18N4O2. The van der Waals surface area contributed by atoms with E-state index in [0.717, 1.165) is 6.42 Å². The number of nitrogens with zero attached hydrogens (tertiary/aromatic N) is 2. The molecule has 0 aliphatic heterocycles. The number of hydrogen-bond donors (Lipinski definition) is 2. The topological polar surface area (TPSA) is 76.1 Å². The molecule has 1 aromatic heterocycles. The van der Waals surface area contributed by atoms with Crippen LogP contribution in [0.3, 0.4) is 0 Å². The van der Waals surface area contributed by atoms with Crippen LogP contribution in [0.15, 0.2) is 12.4 Å². The smallest absolute Gasteiger partial charge is 0.271 e. The summed E-state index contributed by atoms with van der Waals surface area (Å²) in [5.41, 5.74) is 0.307. The first kappa shape index (κ1) is 13.4. The Morgan fingerprint density at radius 2 is 2.29 bits per heavy atom. The SMILES string of the molecule is CNc1cncc(C(=O)NC(C)CCOC)n1. The van der Waals surface area contributed by atoms with Crippen molar-refractivity contribution in [1.29, 1.82) is 0 Å². The monoisotopic (exact) mass is 238 g/mol. The summed E-state index contributed by atoms with van der Waals surface area (Å²) < 4.78 is 4.95. The second-order valence-corrected chi connectivity index (χ2v) is 3.70. The minimum absolute atomic E-state index is 0.0440. The molecule has 0 spiro atoms. The molecule has 1 unspecified atom stereocenters. The Balaban J connectivity index is 2.56. The summed E-state index contributed by atoms with van der Waals surface area (Å²) in [7, 11) is 3.36. The van der Waals surface area contributed by atoms with E-state index in [-0.39, 0.29) is 11.9 Å². The van der Waals surface area contributed by atoms with Crippen LogP contribution in [0, 0.1) is 0 Å². The Bertz CT molecular complexity index is 370. The number of methoxy groups -OCH3 is 1. The largest absolute Gasteiger partial charge is 0.385 e. The van der Waals surface area contributed by atoms with Crippen LogP contribution in [0.4, 0.5) is 5.82 Å². The first-order valence-corrected chi connectivity index (χ1v) is 5.47. The van der Waals surface area contributed by atoms with Crippen molar-refractivity contribution in [3.05, 3.63) is 18.1 Å². The Morgan fingerprint density at radius 1 is 1.53 bits per heavy atom. The minimum atomic E-state index is -0.224. The van der Waals surface area contributed by atoms with Gasteiger partial charge in [0.25, 0.3) is 5.91 Å². The van der Waals surface area contributed by atoms with Crippen LogP contribution >= 0.6 is 0 Å². The van der Waals surface area contributed by atoms with Gasteiger partial charge in [0.05, 0.1) is 12.4 Å². The van der Waals surface area contributed by atoms with Crippen LogP contribution in [0.25, 0.3) is 0 Å². The lowest BCUT2D eigenvalue weighted by molar-refractivity contribution is 0.0924. The normalized spacial score (nSPS) is 11.9. The van der Waals surface area contributed by atoms with Crippen molar-refractivity contribution in [2.24, 2.45) is 0 Å². The molecule has 2 N–H and O–H groups in total. The molecular weight excluding hydrogens is 220 g/mol. The van der Waals surface area contributed by atoms with Gasteiger partial charge in [0.15, 0.2) is 0 Å². The third kappa shape index (κ3) is 4.36. The van der Waals surface area contributed by atoms with Gasteiger partial charge in [-0.3, -0.25) is 9.78 Å². The predicted octanol–water partition coefficient (Wildman–Crippen LogP) is 0.673. The van der Waals surface area contributed by atoms with Gasteiger partial charge >= 0.3 is 0 Å². The maximum absolute atomic E-state index is 11.8. The molecule has 1 heterocycles. The van der Waals surface area contributed by atoms with Crippen molar-refractivity contribution in [3.63, 3.8) is 0 Å². The Morgan fingerprint density at radius 3 is 2.94 bits per heavy atom. The van der Waals surface area contributed by atoms with E-state index >= 15 is 0 Å². The maximum Gasteiger partial charge on any atom is 0.271 e. The second-order valence-electron chi connectivity index (χ2n) is 3.70. The van der Waals surface area contributed by atoms with Crippen molar-refractivity contribution in [2.45, 2.75) is 19.4 Å². The third-order valence-electron chi connectivity index (χ3n) is 2.26. The molecule has 0 bridgehead atoms. The molecule has 0 aromatic carbocycles. The zero-order chi connectivity index (χ0) is 12.7. The molecule has 0 saturated carbocycles. The number of nitrogens with one attached hydrogen (secondary N) is 2. The van der Waals surface area contributed by atoms with Gasteiger partial charge in [-0.25, -0.2) is 4.98 Å². The third-order valence-corrected chi connectivity index (χ3v) is 2.26. The lowest BCUT2D eigenvalue weighted by Gasteiger charge is -2.12. The maximum atomic E-state index is 11.8. The van der Waals surface area contributed by atoms with Crippen molar-refractivity contribution < 1.29 is 9.53 Å². The molecule has 1 rings (SSSR count). The second kappa shape index (κ2) is 6.80. The first-order valence-electron chi connectivity index (χ1n) is 5.47. The van der Waals surface area contributed by atoms with E-state index in [2.05, 4.69) is 20.6 Å². The number of rotatable bonds is 6. The molecule has 94 valence electrons. The fourth-order valence-electron chi connectivity index (χ4n) is 1.26. The summed E-state index contributed by atoms with van der Waals surface area (Å²) in [5.74, 6) is 0.348. The van der Waals surface area contributed by atoms with Gasteiger partial charge in [0.1, 0.15) is 11.5 Å². The van der Waals surface area contributed by atoms with Crippen molar-refractivity contribution in [2.75, 3.05) is 26.1 Å². The number of aromatic nitrogens is 2. The van der Waals surface area contributed by atoms with Gasteiger partial charge in [-0.05, 0) is 13.3 Å². The van der Waals surface area contributed by atoms with Crippen molar-refractivity contribution in [1.82, 2.24) is 15.3 Å². The van der Waals surface area contributed by atoms with Crippen molar-refractivity contribution >= 4 is 11.7 Å². The molecule has 6 heteroatoms. The van der Waals surface area contributed by atoms with E-state index in [1.54, 1.807) is 20.4 Å². The van der Waals surface area contributed by atoms with E-state index in [9.17, 15) is 4.79 Å². The van der Waals surface area contributed by atoms with Crippen LogP contribution < -0.4 is 10.6 Å². The number of carbonyl (C=O) groups excluding carboxylic acids is 1. The average molecular weight is 238 g/mol. The zero-order valence-corrected chi connectivity index (χ0v) is 10.4. The Kier molecular flexibility index (Phi) is 5.35. The summed E-state index contributed by atoms with van der Waals surface area (Å²) in [4.78, 5) is 19.8. The fraction of sp³-hybridized carbons (Fsp3) is 0.545. The summed E-state index contributed by atoms with van der Waals surface area (Å²) >= 11 is 0. The lowest BCUT2D eigenvalue weighted by atomic mass is 10.2. The van der Waals surface area contributed by atoms with Crippen LogP contribution in [0.5, 0.6) is 0 Å². The van der Waals surface area contributed by atoms with E-state index in [4.69, 9.17) is 4.74 Å². The molecule has 0 fully saturated rings. The number of amides is 1. The molecule has 1 atom stereocenters. The van der Waals surface area contributed by atoms with Crippen LogP contribution in [-0.4, -0.2) is 42.7 Å². The molecule has 0 aliphatic rings. The lowest BCUT2D eigenvalue weighted by Crippen LogP contribution is -2.34.